The van der Waals surface area contributed by atoms with Gasteiger partial charge >= 0.3 is 0 Å². The standard InChI is InChI=1S/C19H18Br2F2N2O5S2/c20-13-1-3-17(15(22)11-13)31(26,27)24-7-5-19(6-8-24)25(9-10-30-19)32(28,29)18-4-2-14(21)12-16(18)23/h1-4,11-12H,5-10H2. The summed E-state index contributed by atoms with van der Waals surface area (Å²) in [4.78, 5) is -0.928. The minimum absolute atomic E-state index is 0.0198. The lowest BCUT2D eigenvalue weighted by atomic mass is 10.0. The van der Waals surface area contributed by atoms with Crippen LogP contribution < -0.4 is 0 Å². The van der Waals surface area contributed by atoms with E-state index < -0.39 is 47.2 Å². The van der Waals surface area contributed by atoms with Gasteiger partial charge in [-0.1, -0.05) is 31.9 Å². The van der Waals surface area contributed by atoms with Crippen molar-refractivity contribution < 1.29 is 30.4 Å². The zero-order valence-electron chi connectivity index (χ0n) is 16.5. The number of ether oxygens (including phenoxy) is 1. The maximum absolute atomic E-state index is 14.4. The van der Waals surface area contributed by atoms with Gasteiger partial charge in [0.25, 0.3) is 0 Å². The number of sulfonamides is 2. The van der Waals surface area contributed by atoms with Crippen molar-refractivity contribution in [3.8, 4) is 0 Å². The summed E-state index contributed by atoms with van der Waals surface area (Å²) in [6.07, 6.45) is 0.0590. The van der Waals surface area contributed by atoms with Crippen molar-refractivity contribution in [1.82, 2.24) is 8.61 Å². The van der Waals surface area contributed by atoms with Gasteiger partial charge in [-0.05, 0) is 36.4 Å². The minimum atomic E-state index is -4.23. The summed E-state index contributed by atoms with van der Waals surface area (Å²) >= 11 is 6.20. The molecule has 2 aliphatic rings. The highest BCUT2D eigenvalue weighted by molar-refractivity contribution is 9.10. The molecule has 13 heteroatoms. The Morgan fingerprint density at radius 3 is 1.81 bits per heavy atom. The summed E-state index contributed by atoms with van der Waals surface area (Å²) in [6, 6.07) is 7.36. The topological polar surface area (TPSA) is 84.0 Å². The predicted octanol–water partition coefficient (Wildman–Crippen LogP) is 3.69. The summed E-state index contributed by atoms with van der Waals surface area (Å²) in [5.74, 6) is -1.78. The van der Waals surface area contributed by atoms with Crippen LogP contribution in [0.2, 0.25) is 0 Å². The molecule has 2 fully saturated rings. The number of nitrogens with zero attached hydrogens (tertiary/aromatic N) is 2. The molecule has 0 amide bonds. The average molecular weight is 616 g/mol. The van der Waals surface area contributed by atoms with E-state index in [-0.39, 0.29) is 39.1 Å². The molecule has 0 aliphatic carbocycles. The first-order valence-corrected chi connectivity index (χ1v) is 14.0. The van der Waals surface area contributed by atoms with Crippen molar-refractivity contribution in [2.75, 3.05) is 26.2 Å². The smallest absolute Gasteiger partial charge is 0.248 e. The van der Waals surface area contributed by atoms with Crippen LogP contribution in [0.15, 0.2) is 55.1 Å². The second-order valence-electron chi connectivity index (χ2n) is 7.43. The van der Waals surface area contributed by atoms with Crippen LogP contribution in [0.3, 0.4) is 0 Å². The van der Waals surface area contributed by atoms with E-state index in [1.807, 2.05) is 0 Å². The first-order valence-electron chi connectivity index (χ1n) is 9.54. The molecule has 0 N–H and O–H groups in total. The number of hydrogen-bond donors (Lipinski definition) is 0. The molecule has 1 spiro atoms. The fraction of sp³-hybridized carbons (Fsp3) is 0.368. The Hall–Kier alpha value is -0.960. The monoisotopic (exact) mass is 614 g/mol. The number of halogens is 4. The van der Waals surface area contributed by atoms with Gasteiger partial charge in [0.1, 0.15) is 27.2 Å². The molecular weight excluding hydrogens is 598 g/mol. The summed E-state index contributed by atoms with van der Waals surface area (Å²) < 4.78 is 89.8. The van der Waals surface area contributed by atoms with Gasteiger partial charge in [0.15, 0.2) is 0 Å². The highest BCUT2D eigenvalue weighted by atomic mass is 79.9. The Kier molecular flexibility index (Phi) is 6.55. The van der Waals surface area contributed by atoms with Gasteiger partial charge in [0, 0.05) is 41.4 Å². The number of benzene rings is 2. The second-order valence-corrected chi connectivity index (χ2v) is 13.0. The quantitative estimate of drug-likeness (QED) is 0.524. The van der Waals surface area contributed by atoms with Gasteiger partial charge in [-0.25, -0.2) is 25.6 Å². The predicted molar refractivity (Wildman–Crippen MR) is 119 cm³/mol. The van der Waals surface area contributed by atoms with Crippen LogP contribution in [0.1, 0.15) is 12.8 Å². The molecule has 2 heterocycles. The number of rotatable bonds is 4. The molecule has 0 saturated carbocycles. The van der Waals surface area contributed by atoms with Gasteiger partial charge in [-0.2, -0.15) is 8.61 Å². The average Bonchev–Trinajstić information content (AvgIpc) is 3.11. The highest BCUT2D eigenvalue weighted by Crippen LogP contribution is 2.40. The van der Waals surface area contributed by atoms with Gasteiger partial charge in [0.05, 0.1) is 6.61 Å². The SMILES string of the molecule is O=S(=O)(c1ccc(Br)cc1F)N1CCC2(CC1)OCCN2S(=O)(=O)c1ccc(Br)cc1F. The molecule has 2 aromatic rings. The fourth-order valence-electron chi connectivity index (χ4n) is 4.03. The van der Waals surface area contributed by atoms with Crippen molar-refractivity contribution in [1.29, 1.82) is 0 Å². The zero-order valence-corrected chi connectivity index (χ0v) is 21.3. The number of hydrogen-bond acceptors (Lipinski definition) is 5. The van der Waals surface area contributed by atoms with Gasteiger partial charge in [-0.3, -0.25) is 0 Å². The van der Waals surface area contributed by atoms with Crippen molar-refractivity contribution in [3.05, 3.63) is 57.0 Å². The van der Waals surface area contributed by atoms with Crippen molar-refractivity contribution in [2.24, 2.45) is 0 Å². The Balaban J connectivity index is 1.59. The lowest BCUT2D eigenvalue weighted by Gasteiger charge is -2.42. The molecule has 7 nitrogen and oxygen atoms in total. The van der Waals surface area contributed by atoms with Crippen LogP contribution in [0.25, 0.3) is 0 Å². The molecule has 0 radical (unpaired) electrons. The molecule has 32 heavy (non-hydrogen) atoms. The normalized spacial score (nSPS) is 20.1. The van der Waals surface area contributed by atoms with E-state index in [2.05, 4.69) is 31.9 Å². The third kappa shape index (κ3) is 4.17. The molecule has 0 unspecified atom stereocenters. The lowest BCUT2D eigenvalue weighted by molar-refractivity contribution is -0.0807. The maximum atomic E-state index is 14.4. The zero-order chi connectivity index (χ0) is 23.3. The summed E-state index contributed by atoms with van der Waals surface area (Å²) in [5.41, 5.74) is -1.29. The lowest BCUT2D eigenvalue weighted by Crippen LogP contribution is -2.55. The van der Waals surface area contributed by atoms with E-state index in [0.717, 1.165) is 20.7 Å². The molecule has 2 aliphatic heterocycles. The van der Waals surface area contributed by atoms with Crippen molar-refractivity contribution >= 4 is 51.9 Å². The van der Waals surface area contributed by atoms with E-state index in [9.17, 15) is 25.6 Å². The van der Waals surface area contributed by atoms with Crippen LogP contribution in [-0.2, 0) is 24.8 Å². The Morgan fingerprint density at radius 1 is 0.812 bits per heavy atom. The highest BCUT2D eigenvalue weighted by Gasteiger charge is 2.52. The van der Waals surface area contributed by atoms with Crippen molar-refractivity contribution in [2.45, 2.75) is 28.4 Å². The fourth-order valence-corrected chi connectivity index (χ4v) is 7.95. The van der Waals surface area contributed by atoms with Crippen LogP contribution in [0.4, 0.5) is 8.78 Å². The number of piperidine rings is 1. The van der Waals surface area contributed by atoms with Gasteiger partial charge in [-0.15, -0.1) is 0 Å². The van der Waals surface area contributed by atoms with Gasteiger partial charge in [0.2, 0.25) is 20.0 Å². The summed E-state index contributed by atoms with van der Waals surface area (Å²) in [7, 11) is -8.35. The third-order valence-electron chi connectivity index (χ3n) is 5.60. The van der Waals surface area contributed by atoms with Crippen LogP contribution >= 0.6 is 31.9 Å². The third-order valence-corrected chi connectivity index (χ3v) is 10.5. The van der Waals surface area contributed by atoms with Crippen LogP contribution in [0, 0.1) is 11.6 Å². The molecule has 4 rings (SSSR count). The molecular formula is C19H18Br2F2N2O5S2. The molecule has 174 valence electrons. The summed E-state index contributed by atoms with van der Waals surface area (Å²) in [5, 5.41) is 0. The Labute approximate surface area is 201 Å². The van der Waals surface area contributed by atoms with Gasteiger partial charge < -0.3 is 4.74 Å². The second kappa shape index (κ2) is 8.67. The van der Waals surface area contributed by atoms with Crippen molar-refractivity contribution in [3.63, 3.8) is 0 Å². The molecule has 0 atom stereocenters. The van der Waals surface area contributed by atoms with E-state index in [4.69, 9.17) is 4.74 Å². The maximum Gasteiger partial charge on any atom is 0.248 e. The molecule has 0 aromatic heterocycles. The van der Waals surface area contributed by atoms with E-state index >= 15 is 0 Å². The molecule has 0 bridgehead atoms. The largest absolute Gasteiger partial charge is 0.358 e. The minimum Gasteiger partial charge on any atom is -0.358 e. The molecule has 2 saturated heterocycles. The first-order chi connectivity index (χ1) is 15.0. The van der Waals surface area contributed by atoms with Crippen LogP contribution in [-0.4, -0.2) is 57.4 Å². The summed E-state index contributed by atoms with van der Waals surface area (Å²) in [6.45, 7) is -0.0310. The Morgan fingerprint density at radius 2 is 1.31 bits per heavy atom. The first kappa shape index (κ1) is 24.2. The van der Waals surface area contributed by atoms with E-state index in [0.29, 0.717) is 8.95 Å². The van der Waals surface area contributed by atoms with Crippen LogP contribution in [0.5, 0.6) is 0 Å². The Bertz CT molecular complexity index is 1270. The molecule has 2 aromatic carbocycles. The van der Waals surface area contributed by atoms with E-state index in [1.54, 1.807) is 0 Å². The van der Waals surface area contributed by atoms with E-state index in [1.165, 1.54) is 24.3 Å².